The van der Waals surface area contributed by atoms with Crippen LogP contribution in [-0.4, -0.2) is 40.3 Å². The van der Waals surface area contributed by atoms with Crippen LogP contribution in [0, 0.1) is 0 Å². The van der Waals surface area contributed by atoms with E-state index in [1.807, 2.05) is 0 Å². The van der Waals surface area contributed by atoms with Gasteiger partial charge in [0.25, 0.3) is 0 Å². The molecule has 1 atom stereocenters. The summed E-state index contributed by atoms with van der Waals surface area (Å²) >= 11 is 0. The molecule has 0 aliphatic heterocycles. The summed E-state index contributed by atoms with van der Waals surface area (Å²) in [5.41, 5.74) is 6.20. The Morgan fingerprint density at radius 2 is 1.88 bits per heavy atom. The lowest BCUT2D eigenvalue weighted by atomic mass is 9.93. The normalized spacial score (nSPS) is 14.0. The maximum absolute atomic E-state index is 13.0. The molecule has 0 saturated carbocycles. The van der Waals surface area contributed by atoms with E-state index in [9.17, 15) is 14.5 Å². The molecule has 180 valence electrons. The van der Waals surface area contributed by atoms with Gasteiger partial charge in [0.2, 0.25) is 5.43 Å². The molecule has 0 fully saturated rings. The number of ether oxygens (including phenoxy) is 1. The Labute approximate surface area is 191 Å². The van der Waals surface area contributed by atoms with Gasteiger partial charge in [0.15, 0.2) is 0 Å². The summed E-state index contributed by atoms with van der Waals surface area (Å²) in [6.07, 6.45) is 3.72. The second kappa shape index (κ2) is 10.8. The number of nitrogens with two attached hydrogens (primary N) is 1. The van der Waals surface area contributed by atoms with Gasteiger partial charge in [-0.3, -0.25) is 9.32 Å². The van der Waals surface area contributed by atoms with Crippen molar-refractivity contribution < 1.29 is 33.1 Å². The van der Waals surface area contributed by atoms with E-state index < -0.39 is 26.6 Å². The highest BCUT2D eigenvalue weighted by atomic mass is 31.2. The Kier molecular flexibility index (Phi) is 8.28. The fourth-order valence-electron chi connectivity index (χ4n) is 3.47. The number of aliphatic hydroxyl groups is 1. The zero-order valence-electron chi connectivity index (χ0n) is 18.5. The molecule has 3 rings (SSSR count). The number of hydrogen-bond donors (Lipinski definition) is 4. The van der Waals surface area contributed by atoms with Crippen molar-refractivity contribution in [3.05, 3.63) is 52.2 Å². The number of fused-ring (bicyclic) bond motifs is 2. The molecule has 1 heterocycles. The van der Waals surface area contributed by atoms with Gasteiger partial charge in [0.1, 0.15) is 16.9 Å². The van der Waals surface area contributed by atoms with Crippen molar-refractivity contribution in [2.24, 2.45) is 5.73 Å². The lowest BCUT2D eigenvalue weighted by Crippen LogP contribution is -2.48. The monoisotopic (exact) mass is 479 g/mol. The Hall–Kier alpha value is -2.26. The molecule has 1 unspecified atom stereocenters. The number of phosphoric ester groups is 1. The summed E-state index contributed by atoms with van der Waals surface area (Å²) in [6.45, 7) is 1.71. The Morgan fingerprint density at radius 3 is 2.58 bits per heavy atom. The summed E-state index contributed by atoms with van der Waals surface area (Å²) in [4.78, 5) is 30.8. The van der Waals surface area contributed by atoms with Gasteiger partial charge in [-0.2, -0.15) is 0 Å². The molecule has 0 bridgehead atoms. The molecule has 9 nitrogen and oxygen atoms in total. The van der Waals surface area contributed by atoms with Gasteiger partial charge in [0, 0.05) is 0 Å². The SMILES string of the molecule is CCCCCOc1ccc2oc3cc(CCC(N)(CO)COP(=O)(O)O)ccc3c(=O)c2c1. The number of rotatable bonds is 12. The van der Waals surface area contributed by atoms with Crippen LogP contribution in [0.5, 0.6) is 5.75 Å². The molecule has 5 N–H and O–H groups in total. The van der Waals surface area contributed by atoms with Crippen LogP contribution in [0.4, 0.5) is 0 Å². The molecule has 3 aromatic rings. The highest BCUT2D eigenvalue weighted by Gasteiger charge is 2.28. The highest BCUT2D eigenvalue weighted by Crippen LogP contribution is 2.37. The van der Waals surface area contributed by atoms with E-state index in [1.54, 1.807) is 36.4 Å². The maximum atomic E-state index is 13.0. The summed E-state index contributed by atoms with van der Waals surface area (Å²) < 4.78 is 27.1. The molecule has 1 aromatic heterocycles. The van der Waals surface area contributed by atoms with Crippen LogP contribution in [0.25, 0.3) is 21.9 Å². The van der Waals surface area contributed by atoms with Crippen molar-refractivity contribution in [3.8, 4) is 5.75 Å². The molecule has 0 spiro atoms. The number of benzene rings is 2. The van der Waals surface area contributed by atoms with Crippen LogP contribution < -0.4 is 15.9 Å². The smallest absolute Gasteiger partial charge is 0.469 e. The van der Waals surface area contributed by atoms with E-state index in [2.05, 4.69) is 11.4 Å². The lowest BCUT2D eigenvalue weighted by molar-refractivity contribution is 0.102. The average molecular weight is 479 g/mol. The van der Waals surface area contributed by atoms with Crippen LogP contribution >= 0.6 is 7.82 Å². The Morgan fingerprint density at radius 1 is 1.09 bits per heavy atom. The topological polar surface area (TPSA) is 152 Å². The Bertz CT molecular complexity index is 1200. The van der Waals surface area contributed by atoms with Gasteiger partial charge < -0.3 is 29.8 Å². The van der Waals surface area contributed by atoms with E-state index in [0.717, 1.165) is 24.8 Å². The second-order valence-electron chi connectivity index (χ2n) is 8.26. The minimum Gasteiger partial charge on any atom is -0.494 e. The lowest BCUT2D eigenvalue weighted by Gasteiger charge is -2.27. The number of aryl methyl sites for hydroxylation is 1. The molecule has 2 aromatic carbocycles. The third-order valence-corrected chi connectivity index (χ3v) is 5.93. The van der Waals surface area contributed by atoms with E-state index in [1.165, 1.54) is 0 Å². The van der Waals surface area contributed by atoms with Crippen LogP contribution in [0.3, 0.4) is 0 Å². The maximum Gasteiger partial charge on any atom is 0.469 e. The minimum atomic E-state index is -4.70. The first-order valence-electron chi connectivity index (χ1n) is 10.9. The molecule has 0 amide bonds. The fourth-order valence-corrected chi connectivity index (χ4v) is 3.89. The van der Waals surface area contributed by atoms with Crippen LogP contribution in [-0.2, 0) is 15.5 Å². The van der Waals surface area contributed by atoms with Crippen molar-refractivity contribution in [1.82, 2.24) is 0 Å². The number of unbranched alkanes of at least 4 members (excludes halogenated alkanes) is 2. The van der Waals surface area contributed by atoms with Gasteiger partial charge in [-0.1, -0.05) is 25.8 Å². The van der Waals surface area contributed by atoms with E-state index >= 15 is 0 Å². The van der Waals surface area contributed by atoms with Crippen molar-refractivity contribution in [2.45, 2.75) is 44.6 Å². The number of aliphatic hydroxyl groups excluding tert-OH is 1. The van der Waals surface area contributed by atoms with E-state index in [4.69, 9.17) is 24.7 Å². The first-order valence-corrected chi connectivity index (χ1v) is 12.4. The van der Waals surface area contributed by atoms with Crippen LogP contribution in [0.1, 0.15) is 38.2 Å². The predicted molar refractivity (Wildman–Crippen MR) is 125 cm³/mol. The first-order chi connectivity index (χ1) is 15.6. The third kappa shape index (κ3) is 6.86. The van der Waals surface area contributed by atoms with Gasteiger partial charge in [-0.05, 0) is 55.2 Å². The van der Waals surface area contributed by atoms with E-state index in [0.29, 0.717) is 40.7 Å². The molecular formula is C23H30NO8P. The first kappa shape index (κ1) is 25.4. The average Bonchev–Trinajstić information content (AvgIpc) is 2.79. The van der Waals surface area contributed by atoms with Crippen molar-refractivity contribution >= 4 is 29.8 Å². The molecule has 0 radical (unpaired) electrons. The van der Waals surface area contributed by atoms with Crippen molar-refractivity contribution in [3.63, 3.8) is 0 Å². The molecule has 0 saturated heterocycles. The fraction of sp³-hybridized carbons (Fsp3) is 0.435. The largest absolute Gasteiger partial charge is 0.494 e. The second-order valence-corrected chi connectivity index (χ2v) is 9.50. The molecule has 0 aliphatic carbocycles. The zero-order valence-corrected chi connectivity index (χ0v) is 19.4. The summed E-state index contributed by atoms with van der Waals surface area (Å²) in [6, 6.07) is 10.4. The summed E-state index contributed by atoms with van der Waals surface area (Å²) in [5.74, 6) is 0.627. The van der Waals surface area contributed by atoms with Crippen LogP contribution in [0.15, 0.2) is 45.6 Å². The van der Waals surface area contributed by atoms with Crippen molar-refractivity contribution in [2.75, 3.05) is 19.8 Å². The van der Waals surface area contributed by atoms with Gasteiger partial charge >= 0.3 is 7.82 Å². The summed E-state index contributed by atoms with van der Waals surface area (Å²) in [5, 5.41) is 10.4. The van der Waals surface area contributed by atoms with E-state index in [-0.39, 0.29) is 11.8 Å². The van der Waals surface area contributed by atoms with Crippen LogP contribution in [0.2, 0.25) is 0 Å². The standard InChI is InChI=1S/C23H30NO8P/c1-2-3-4-11-30-17-6-8-20-19(13-17)22(26)18-7-5-16(12-21(18)32-20)9-10-23(24,14-25)15-31-33(27,28)29/h5-8,12-13,25H,2-4,9-11,14-15,24H2,1H3,(H2,27,28,29). The number of hydrogen-bond acceptors (Lipinski definition) is 7. The summed E-state index contributed by atoms with van der Waals surface area (Å²) in [7, 11) is -4.70. The molecule has 10 heteroatoms. The molecular weight excluding hydrogens is 449 g/mol. The minimum absolute atomic E-state index is 0.157. The Balaban J connectivity index is 1.79. The van der Waals surface area contributed by atoms with Gasteiger partial charge in [0.05, 0.1) is 36.1 Å². The molecule has 33 heavy (non-hydrogen) atoms. The third-order valence-electron chi connectivity index (χ3n) is 5.47. The van der Waals surface area contributed by atoms with Gasteiger partial charge in [-0.25, -0.2) is 4.57 Å². The zero-order chi connectivity index (χ0) is 24.1. The quantitative estimate of drug-likeness (QED) is 0.174. The predicted octanol–water partition coefficient (Wildman–Crippen LogP) is 3.25. The van der Waals surface area contributed by atoms with Gasteiger partial charge in [-0.15, -0.1) is 0 Å². The van der Waals surface area contributed by atoms with Crippen molar-refractivity contribution in [1.29, 1.82) is 0 Å². The highest BCUT2D eigenvalue weighted by molar-refractivity contribution is 7.46. The number of phosphoric acid groups is 1. The molecule has 0 aliphatic rings.